The number of anilines is 3. The lowest BCUT2D eigenvalue weighted by Gasteiger charge is -2.31. The molecule has 4 rings (SSSR count). The predicted octanol–water partition coefficient (Wildman–Crippen LogP) is 5.25. The van der Waals surface area contributed by atoms with Crippen molar-refractivity contribution >= 4 is 29.2 Å². The Kier molecular flexibility index (Phi) is 7.22. The van der Waals surface area contributed by atoms with Gasteiger partial charge in [0.05, 0.1) is 12.8 Å². The number of nitrogens with zero attached hydrogens (tertiary/aromatic N) is 4. The number of nitrogens with one attached hydrogen (secondary N) is 1. The Balaban J connectivity index is 1.42. The van der Waals surface area contributed by atoms with Crippen molar-refractivity contribution in [1.82, 2.24) is 15.1 Å². The zero-order valence-electron chi connectivity index (χ0n) is 19.2. The fraction of sp³-hybridized carbons (Fsp3) is 0.435. The lowest BCUT2D eigenvalue weighted by Crippen LogP contribution is -2.38. The molecule has 0 saturated carbocycles. The van der Waals surface area contributed by atoms with E-state index in [4.69, 9.17) is 14.0 Å². The van der Waals surface area contributed by atoms with Crippen molar-refractivity contribution in [3.8, 4) is 11.5 Å². The van der Waals surface area contributed by atoms with Crippen LogP contribution in [0.5, 0.6) is 11.5 Å². The number of hydrogen-bond donors (Lipinski definition) is 1. The van der Waals surface area contributed by atoms with Gasteiger partial charge < -0.3 is 24.2 Å². The maximum atomic E-state index is 14.5. The van der Waals surface area contributed by atoms with Gasteiger partial charge in [-0.05, 0) is 29.6 Å². The lowest BCUT2D eigenvalue weighted by atomic mass is 10.1. The number of aromatic nitrogens is 3. The molecule has 1 aliphatic heterocycles. The molecule has 10 heteroatoms. The Morgan fingerprint density at radius 3 is 2.67 bits per heavy atom. The third kappa shape index (κ3) is 5.32. The normalized spacial score (nSPS) is 14.5. The van der Waals surface area contributed by atoms with E-state index in [-0.39, 0.29) is 17.8 Å². The minimum absolute atomic E-state index is 0.000492. The Labute approximate surface area is 196 Å². The van der Waals surface area contributed by atoms with Crippen LogP contribution in [-0.2, 0) is 0 Å². The summed E-state index contributed by atoms with van der Waals surface area (Å²) in [6, 6.07) is 6.79. The molecule has 1 saturated heterocycles. The first-order valence-corrected chi connectivity index (χ1v) is 12.1. The molecule has 2 aromatic heterocycles. The Morgan fingerprint density at radius 1 is 1.24 bits per heavy atom. The molecule has 3 heterocycles. The Morgan fingerprint density at radius 2 is 2.03 bits per heavy atom. The maximum Gasteiger partial charge on any atom is 0.266 e. The zero-order chi connectivity index (χ0) is 23.4. The second kappa shape index (κ2) is 10.3. The number of methoxy groups -OCH3 is 1. The molecule has 1 aliphatic rings. The Hall–Kier alpha value is -3.01. The van der Waals surface area contributed by atoms with E-state index in [0.717, 1.165) is 30.8 Å². The van der Waals surface area contributed by atoms with Crippen molar-refractivity contribution in [3.05, 3.63) is 42.2 Å². The number of thioether (sulfide) groups is 1. The first kappa shape index (κ1) is 23.2. The van der Waals surface area contributed by atoms with Gasteiger partial charge >= 0.3 is 0 Å². The first-order valence-electron chi connectivity index (χ1n) is 10.9. The number of pyridine rings is 1. The molecule has 0 spiro atoms. The number of ether oxygens (including phenoxy) is 2. The van der Waals surface area contributed by atoms with Crippen LogP contribution in [0.2, 0.25) is 0 Å². The van der Waals surface area contributed by atoms with E-state index >= 15 is 0 Å². The molecule has 8 nitrogen and oxygen atoms in total. The zero-order valence-corrected chi connectivity index (χ0v) is 20.0. The summed E-state index contributed by atoms with van der Waals surface area (Å²) in [7, 11) is 1.55. The van der Waals surface area contributed by atoms with E-state index in [9.17, 15) is 4.39 Å². The molecular formula is C23H28FN5O3S. The maximum absolute atomic E-state index is 14.5. The van der Waals surface area contributed by atoms with E-state index < -0.39 is 0 Å². The van der Waals surface area contributed by atoms with Gasteiger partial charge in [-0.1, -0.05) is 13.8 Å². The number of rotatable bonds is 8. The summed E-state index contributed by atoms with van der Waals surface area (Å²) in [5.41, 5.74) is 0.324. The highest BCUT2D eigenvalue weighted by Gasteiger charge is 2.26. The summed E-state index contributed by atoms with van der Waals surface area (Å²) in [5, 5.41) is 7.12. The highest BCUT2D eigenvalue weighted by molar-refractivity contribution is 7.98. The molecule has 33 heavy (non-hydrogen) atoms. The van der Waals surface area contributed by atoms with Crippen LogP contribution in [0.15, 0.2) is 39.9 Å². The summed E-state index contributed by atoms with van der Waals surface area (Å²) < 4.78 is 31.6. The monoisotopic (exact) mass is 473 g/mol. The van der Waals surface area contributed by atoms with Gasteiger partial charge in [0.2, 0.25) is 11.6 Å². The summed E-state index contributed by atoms with van der Waals surface area (Å²) in [4.78, 5) is 11.8. The van der Waals surface area contributed by atoms with E-state index in [2.05, 4.69) is 25.3 Å². The van der Waals surface area contributed by atoms with Gasteiger partial charge in [0, 0.05) is 49.0 Å². The van der Waals surface area contributed by atoms with E-state index in [1.54, 1.807) is 25.4 Å². The van der Waals surface area contributed by atoms with E-state index in [0.29, 0.717) is 34.8 Å². The van der Waals surface area contributed by atoms with Gasteiger partial charge in [-0.2, -0.15) is 4.98 Å². The number of hydrogen-bond acceptors (Lipinski definition) is 9. The van der Waals surface area contributed by atoms with Gasteiger partial charge in [0.25, 0.3) is 5.95 Å². The van der Waals surface area contributed by atoms with Gasteiger partial charge in [-0.15, -0.1) is 11.8 Å². The largest absolute Gasteiger partial charge is 0.490 e. The number of benzene rings is 1. The molecule has 0 bridgehead atoms. The second-order valence-electron chi connectivity index (χ2n) is 8.05. The topological polar surface area (TPSA) is 85.5 Å². The van der Waals surface area contributed by atoms with E-state index in [1.807, 2.05) is 26.2 Å². The summed E-state index contributed by atoms with van der Waals surface area (Å²) in [5.74, 6) is 2.52. The molecule has 1 aromatic carbocycles. The molecule has 1 fully saturated rings. The molecular weight excluding hydrogens is 445 g/mol. The lowest BCUT2D eigenvalue weighted by molar-refractivity contribution is 0.164. The van der Waals surface area contributed by atoms with Crippen LogP contribution in [0.3, 0.4) is 0 Å². The van der Waals surface area contributed by atoms with Gasteiger partial charge in [-0.3, -0.25) is 0 Å². The molecule has 176 valence electrons. The molecule has 0 amide bonds. The fourth-order valence-electron chi connectivity index (χ4n) is 3.60. The van der Waals surface area contributed by atoms with Gasteiger partial charge in [-0.25, -0.2) is 9.37 Å². The SMILES string of the molecule is COc1c(OC2CCN(c3noc(C(C)C)n3)CC2)ccnc1Nc1ccc(SC)cc1F. The van der Waals surface area contributed by atoms with E-state index in [1.165, 1.54) is 17.8 Å². The summed E-state index contributed by atoms with van der Waals surface area (Å²) in [6.07, 6.45) is 5.12. The molecule has 0 aliphatic carbocycles. The predicted molar refractivity (Wildman–Crippen MR) is 127 cm³/mol. The van der Waals surface area contributed by atoms with Crippen molar-refractivity contribution < 1.29 is 18.4 Å². The van der Waals surface area contributed by atoms with Crippen molar-refractivity contribution in [3.63, 3.8) is 0 Å². The molecule has 0 unspecified atom stereocenters. The van der Waals surface area contributed by atoms with Crippen LogP contribution in [0.1, 0.15) is 38.5 Å². The first-order chi connectivity index (χ1) is 16.0. The summed E-state index contributed by atoms with van der Waals surface area (Å²) >= 11 is 1.48. The minimum atomic E-state index is -0.355. The van der Waals surface area contributed by atoms with Gasteiger partial charge in [0.15, 0.2) is 11.6 Å². The Bertz CT molecular complexity index is 1090. The smallest absolute Gasteiger partial charge is 0.266 e. The van der Waals surface area contributed by atoms with Gasteiger partial charge in [0.1, 0.15) is 11.9 Å². The van der Waals surface area contributed by atoms with Crippen molar-refractivity contribution in [1.29, 1.82) is 0 Å². The fourth-order valence-corrected chi connectivity index (χ4v) is 4.03. The van der Waals surface area contributed by atoms with Crippen molar-refractivity contribution in [2.24, 2.45) is 0 Å². The van der Waals surface area contributed by atoms with Crippen molar-refractivity contribution in [2.75, 3.05) is 36.7 Å². The molecule has 0 radical (unpaired) electrons. The molecule has 1 N–H and O–H groups in total. The third-order valence-corrected chi connectivity index (χ3v) is 6.17. The quantitative estimate of drug-likeness (QED) is 0.441. The number of piperidine rings is 1. The van der Waals surface area contributed by atoms with Crippen LogP contribution >= 0.6 is 11.8 Å². The third-order valence-electron chi connectivity index (χ3n) is 5.45. The average molecular weight is 474 g/mol. The minimum Gasteiger partial charge on any atom is -0.490 e. The second-order valence-corrected chi connectivity index (χ2v) is 8.93. The van der Waals surface area contributed by atoms with Crippen LogP contribution < -0.4 is 19.7 Å². The van der Waals surface area contributed by atoms with Crippen molar-refractivity contribution in [2.45, 2.75) is 43.6 Å². The van der Waals surface area contributed by atoms with Crippen LogP contribution in [0.4, 0.5) is 21.8 Å². The molecule has 0 atom stereocenters. The number of halogens is 1. The van der Waals surface area contributed by atoms with Crippen LogP contribution in [0, 0.1) is 5.82 Å². The van der Waals surface area contributed by atoms with Crippen LogP contribution in [0.25, 0.3) is 0 Å². The standard InChI is InChI=1S/C23H28FN5O3S/c1-14(2)22-27-23(28-32-22)29-11-8-15(9-12-29)31-19-7-10-25-21(20(19)30-3)26-18-6-5-16(33-4)13-17(18)24/h5-7,10,13-15H,8-9,11-12H2,1-4H3,(H,25,26). The van der Waals surface area contributed by atoms with Crippen LogP contribution in [-0.4, -0.2) is 47.7 Å². The average Bonchev–Trinajstić information content (AvgIpc) is 3.32. The highest BCUT2D eigenvalue weighted by atomic mass is 32.2. The molecule has 3 aromatic rings. The summed E-state index contributed by atoms with van der Waals surface area (Å²) in [6.45, 7) is 5.56. The highest BCUT2D eigenvalue weighted by Crippen LogP contribution is 2.37.